The van der Waals surface area contributed by atoms with Gasteiger partial charge in [-0.3, -0.25) is 4.79 Å². The van der Waals surface area contributed by atoms with E-state index in [1.54, 1.807) is 7.11 Å². The molecule has 1 aliphatic rings. The van der Waals surface area contributed by atoms with Crippen molar-refractivity contribution in [3.63, 3.8) is 0 Å². The first-order valence-corrected chi connectivity index (χ1v) is 9.39. The van der Waals surface area contributed by atoms with E-state index in [9.17, 15) is 13.6 Å². The van der Waals surface area contributed by atoms with Crippen LogP contribution in [-0.4, -0.2) is 13.0 Å². The van der Waals surface area contributed by atoms with Crippen LogP contribution in [0, 0.1) is 11.6 Å². The van der Waals surface area contributed by atoms with Crippen LogP contribution < -0.4 is 10.1 Å². The summed E-state index contributed by atoms with van der Waals surface area (Å²) in [6.45, 7) is 0.142. The number of fused-ring (bicyclic) bond motifs is 3. The number of halogens is 2. The van der Waals surface area contributed by atoms with Crippen LogP contribution in [-0.2, 0) is 19.4 Å². The van der Waals surface area contributed by atoms with Crippen molar-refractivity contribution in [2.75, 3.05) is 7.11 Å². The molecule has 3 nitrogen and oxygen atoms in total. The van der Waals surface area contributed by atoms with E-state index in [0.717, 1.165) is 46.7 Å². The van der Waals surface area contributed by atoms with Gasteiger partial charge in [-0.25, -0.2) is 8.78 Å². The second-order valence-corrected chi connectivity index (χ2v) is 7.47. The molecule has 2 aromatic carbocycles. The predicted molar refractivity (Wildman–Crippen MR) is 101 cm³/mol. The minimum absolute atomic E-state index is 0.142. The van der Waals surface area contributed by atoms with Crippen molar-refractivity contribution < 1.29 is 18.3 Å². The topological polar surface area (TPSA) is 38.3 Å². The molecule has 6 heteroatoms. The number of hydrogen-bond donors (Lipinski definition) is 1. The zero-order chi connectivity index (χ0) is 19.0. The third-order valence-electron chi connectivity index (χ3n) is 4.70. The highest BCUT2D eigenvalue weighted by molar-refractivity contribution is 7.17. The monoisotopic (exact) mass is 385 g/mol. The SMILES string of the molecule is COc1ccc2c(c1)-c1sc(C(=O)NCc3ccc(F)c(F)c3)cc1CC2. The number of carbonyl (C=O) groups excluding carboxylic acids is 1. The largest absolute Gasteiger partial charge is 0.497 e. The molecule has 0 bridgehead atoms. The molecule has 4 rings (SSSR count). The van der Waals surface area contributed by atoms with E-state index < -0.39 is 11.6 Å². The molecule has 0 fully saturated rings. The van der Waals surface area contributed by atoms with E-state index in [4.69, 9.17) is 4.74 Å². The predicted octanol–water partition coefficient (Wildman–Crippen LogP) is 4.73. The molecule has 1 aliphatic carbocycles. The number of benzene rings is 2. The third-order valence-corrected chi connectivity index (χ3v) is 5.90. The van der Waals surface area contributed by atoms with Crippen molar-refractivity contribution in [1.82, 2.24) is 5.32 Å². The van der Waals surface area contributed by atoms with Gasteiger partial charge in [0.25, 0.3) is 5.91 Å². The molecule has 0 saturated heterocycles. The van der Waals surface area contributed by atoms with Gasteiger partial charge in [-0.15, -0.1) is 11.3 Å². The molecule has 1 amide bonds. The van der Waals surface area contributed by atoms with Gasteiger partial charge in [0.1, 0.15) is 5.75 Å². The Labute approximate surface area is 159 Å². The van der Waals surface area contributed by atoms with Crippen molar-refractivity contribution in [3.8, 4) is 16.2 Å². The highest BCUT2D eigenvalue weighted by Gasteiger charge is 2.22. The van der Waals surface area contributed by atoms with Gasteiger partial charge in [0.15, 0.2) is 11.6 Å². The highest BCUT2D eigenvalue weighted by Crippen LogP contribution is 2.41. The molecule has 0 aliphatic heterocycles. The molecule has 0 spiro atoms. The van der Waals surface area contributed by atoms with E-state index in [2.05, 4.69) is 11.4 Å². The number of hydrogen-bond acceptors (Lipinski definition) is 3. The van der Waals surface area contributed by atoms with Gasteiger partial charge in [0, 0.05) is 11.4 Å². The zero-order valence-electron chi connectivity index (χ0n) is 14.6. The Morgan fingerprint density at radius 2 is 1.89 bits per heavy atom. The Balaban J connectivity index is 1.54. The van der Waals surface area contributed by atoms with Crippen molar-refractivity contribution in [1.29, 1.82) is 0 Å². The summed E-state index contributed by atoms with van der Waals surface area (Å²) in [6, 6.07) is 11.6. The van der Waals surface area contributed by atoms with Crippen LogP contribution in [0.15, 0.2) is 42.5 Å². The maximum Gasteiger partial charge on any atom is 0.261 e. The summed E-state index contributed by atoms with van der Waals surface area (Å²) in [6.07, 6.45) is 1.82. The summed E-state index contributed by atoms with van der Waals surface area (Å²) in [7, 11) is 1.64. The van der Waals surface area contributed by atoms with Gasteiger partial charge < -0.3 is 10.1 Å². The first-order chi connectivity index (χ1) is 13.0. The summed E-state index contributed by atoms with van der Waals surface area (Å²) >= 11 is 1.44. The second kappa shape index (κ2) is 7.12. The Kier molecular flexibility index (Phi) is 4.66. The molecule has 1 aromatic heterocycles. The lowest BCUT2D eigenvalue weighted by Gasteiger charge is -2.16. The minimum Gasteiger partial charge on any atom is -0.497 e. The lowest BCUT2D eigenvalue weighted by atomic mass is 9.91. The number of carbonyl (C=O) groups is 1. The van der Waals surface area contributed by atoms with Crippen LogP contribution in [0.5, 0.6) is 5.75 Å². The quantitative estimate of drug-likeness (QED) is 0.705. The lowest BCUT2D eigenvalue weighted by Crippen LogP contribution is -2.21. The molecule has 3 aromatic rings. The molecule has 27 heavy (non-hydrogen) atoms. The fraction of sp³-hybridized carbons (Fsp3) is 0.190. The fourth-order valence-electron chi connectivity index (χ4n) is 3.25. The molecule has 1 heterocycles. The van der Waals surface area contributed by atoms with Crippen LogP contribution in [0.25, 0.3) is 10.4 Å². The molecule has 138 valence electrons. The average Bonchev–Trinajstić information content (AvgIpc) is 3.13. The lowest BCUT2D eigenvalue weighted by molar-refractivity contribution is 0.0955. The van der Waals surface area contributed by atoms with Crippen molar-refractivity contribution >= 4 is 17.2 Å². The Hall–Kier alpha value is -2.73. The summed E-state index contributed by atoms with van der Waals surface area (Å²) in [5, 5.41) is 2.78. The number of ether oxygens (including phenoxy) is 1. The zero-order valence-corrected chi connectivity index (χ0v) is 15.5. The average molecular weight is 385 g/mol. The first-order valence-electron chi connectivity index (χ1n) is 8.57. The molecular weight excluding hydrogens is 368 g/mol. The highest BCUT2D eigenvalue weighted by atomic mass is 32.1. The van der Waals surface area contributed by atoms with Crippen LogP contribution >= 0.6 is 11.3 Å². The molecular formula is C21H17F2NO2S. The van der Waals surface area contributed by atoms with Crippen molar-refractivity contribution in [2.45, 2.75) is 19.4 Å². The summed E-state index contributed by atoms with van der Waals surface area (Å²) < 4.78 is 31.6. The smallest absolute Gasteiger partial charge is 0.261 e. The van der Waals surface area contributed by atoms with Crippen LogP contribution in [0.4, 0.5) is 8.78 Å². The van der Waals surface area contributed by atoms with E-state index in [-0.39, 0.29) is 12.5 Å². The summed E-state index contributed by atoms with van der Waals surface area (Å²) in [4.78, 5) is 14.2. The fourth-order valence-corrected chi connectivity index (χ4v) is 4.43. The van der Waals surface area contributed by atoms with Gasteiger partial charge in [0.2, 0.25) is 0 Å². The summed E-state index contributed by atoms with van der Waals surface area (Å²) in [5.74, 6) is -1.24. The van der Waals surface area contributed by atoms with Gasteiger partial charge >= 0.3 is 0 Å². The molecule has 0 unspecified atom stereocenters. The maximum atomic E-state index is 13.3. The molecule has 1 N–H and O–H groups in total. The van der Waals surface area contributed by atoms with Crippen molar-refractivity contribution in [3.05, 3.63) is 75.7 Å². The van der Waals surface area contributed by atoms with Crippen LogP contribution in [0.1, 0.15) is 26.4 Å². The van der Waals surface area contributed by atoms with Crippen molar-refractivity contribution in [2.24, 2.45) is 0 Å². The van der Waals surface area contributed by atoms with E-state index >= 15 is 0 Å². The normalized spacial score (nSPS) is 12.3. The molecule has 0 atom stereocenters. The second-order valence-electron chi connectivity index (χ2n) is 6.42. The van der Waals surface area contributed by atoms with Crippen LogP contribution in [0.2, 0.25) is 0 Å². The van der Waals surface area contributed by atoms with Crippen LogP contribution in [0.3, 0.4) is 0 Å². The van der Waals surface area contributed by atoms with Gasteiger partial charge in [-0.2, -0.15) is 0 Å². The molecule has 0 radical (unpaired) electrons. The number of thiophene rings is 1. The Morgan fingerprint density at radius 3 is 2.67 bits per heavy atom. The number of methoxy groups -OCH3 is 1. The number of amides is 1. The summed E-state index contributed by atoms with van der Waals surface area (Å²) in [5.41, 5.74) is 4.02. The van der Waals surface area contributed by atoms with E-state index in [1.807, 2.05) is 18.2 Å². The third kappa shape index (κ3) is 3.45. The van der Waals surface area contributed by atoms with E-state index in [1.165, 1.54) is 23.0 Å². The number of rotatable bonds is 4. The number of nitrogens with one attached hydrogen (secondary N) is 1. The van der Waals surface area contributed by atoms with E-state index in [0.29, 0.717) is 10.4 Å². The van der Waals surface area contributed by atoms with Gasteiger partial charge in [0.05, 0.1) is 12.0 Å². The maximum absolute atomic E-state index is 13.3. The molecule has 0 saturated carbocycles. The van der Waals surface area contributed by atoms with Gasteiger partial charge in [-0.05, 0) is 65.4 Å². The first kappa shape index (κ1) is 17.7. The Bertz CT molecular complexity index is 1030. The standard InChI is InChI=1S/C21H17F2NO2S/c1-26-15-6-5-13-3-4-14-9-19(27-20(14)16(13)10-15)21(25)24-11-12-2-7-17(22)18(23)8-12/h2,5-10H,3-4,11H2,1H3,(H,24,25). The number of aryl methyl sites for hydroxylation is 2. The van der Waals surface area contributed by atoms with Gasteiger partial charge in [-0.1, -0.05) is 12.1 Å². The minimum atomic E-state index is -0.918. The Morgan fingerprint density at radius 1 is 1.07 bits per heavy atom.